The summed E-state index contributed by atoms with van der Waals surface area (Å²) < 4.78 is 13.3. The zero-order valence-electron chi connectivity index (χ0n) is 9.08. The van der Waals surface area contributed by atoms with Gasteiger partial charge < -0.3 is 5.11 Å². The number of aliphatic carboxylic acids is 1. The zero-order valence-corrected chi connectivity index (χ0v) is 9.84. The highest BCUT2D eigenvalue weighted by atomic mass is 35.5. The van der Waals surface area contributed by atoms with Crippen LogP contribution < -0.4 is 0 Å². The van der Waals surface area contributed by atoms with Crippen molar-refractivity contribution in [2.45, 2.75) is 25.7 Å². The summed E-state index contributed by atoms with van der Waals surface area (Å²) in [6, 6.07) is 4.06. The van der Waals surface area contributed by atoms with Gasteiger partial charge in [0.05, 0.1) is 10.6 Å². The summed E-state index contributed by atoms with van der Waals surface area (Å²) in [5.74, 6) is -1.93. The first-order valence-corrected chi connectivity index (χ1v) is 5.59. The van der Waals surface area contributed by atoms with Crippen LogP contribution in [0, 0.1) is 5.82 Å². The van der Waals surface area contributed by atoms with Crippen LogP contribution in [0.1, 0.15) is 36.0 Å². The second-order valence-electron chi connectivity index (χ2n) is 3.62. The third kappa shape index (κ3) is 4.15. The number of unbranched alkanes of at least 4 members (excludes halogenated alkanes) is 1. The zero-order chi connectivity index (χ0) is 12.8. The molecule has 0 heterocycles. The number of rotatable bonds is 6. The molecule has 0 unspecified atom stereocenters. The number of ketones is 1. The Morgan fingerprint density at radius 1 is 1.24 bits per heavy atom. The number of carbonyl (C=O) groups is 2. The molecule has 0 aliphatic rings. The molecule has 92 valence electrons. The smallest absolute Gasteiger partial charge is 0.303 e. The molecule has 5 heteroatoms. The molecule has 0 saturated carbocycles. The van der Waals surface area contributed by atoms with Crippen LogP contribution in [0.25, 0.3) is 0 Å². The quantitative estimate of drug-likeness (QED) is 0.629. The SMILES string of the molecule is O=C(O)CCCCC(=O)c1c(F)cccc1Cl. The maximum Gasteiger partial charge on any atom is 0.303 e. The van der Waals surface area contributed by atoms with Gasteiger partial charge in [-0.25, -0.2) is 4.39 Å². The summed E-state index contributed by atoms with van der Waals surface area (Å²) in [7, 11) is 0. The first-order valence-electron chi connectivity index (χ1n) is 5.21. The summed E-state index contributed by atoms with van der Waals surface area (Å²) in [4.78, 5) is 21.9. The largest absolute Gasteiger partial charge is 0.481 e. The van der Waals surface area contributed by atoms with Crippen molar-refractivity contribution in [2.75, 3.05) is 0 Å². The first kappa shape index (κ1) is 13.6. The maximum atomic E-state index is 13.3. The maximum absolute atomic E-state index is 13.3. The molecule has 0 aliphatic carbocycles. The molecule has 3 nitrogen and oxygen atoms in total. The third-order valence-corrected chi connectivity index (χ3v) is 2.60. The predicted molar refractivity (Wildman–Crippen MR) is 61.8 cm³/mol. The topological polar surface area (TPSA) is 54.4 Å². The predicted octanol–water partition coefficient (Wildman–Crippen LogP) is 3.31. The van der Waals surface area contributed by atoms with Gasteiger partial charge in [0, 0.05) is 12.8 Å². The molecule has 0 amide bonds. The number of carbonyl (C=O) groups excluding carboxylic acids is 1. The standard InChI is InChI=1S/C12H12ClFO3/c13-8-4-3-5-9(14)12(8)10(15)6-1-2-7-11(16)17/h3-5H,1-2,6-7H2,(H,16,17). The van der Waals surface area contributed by atoms with Crippen molar-refractivity contribution in [3.05, 3.63) is 34.6 Å². The fourth-order valence-electron chi connectivity index (χ4n) is 1.45. The first-order chi connectivity index (χ1) is 8.02. The molecule has 0 bridgehead atoms. The van der Waals surface area contributed by atoms with Crippen LogP contribution in [0.3, 0.4) is 0 Å². The van der Waals surface area contributed by atoms with Gasteiger partial charge in [-0.15, -0.1) is 0 Å². The van der Waals surface area contributed by atoms with Gasteiger partial charge >= 0.3 is 5.97 Å². The van der Waals surface area contributed by atoms with Crippen molar-refractivity contribution >= 4 is 23.4 Å². The third-order valence-electron chi connectivity index (χ3n) is 2.29. The molecule has 1 aromatic carbocycles. The Bertz CT molecular complexity index is 412. The van der Waals surface area contributed by atoms with E-state index in [1.165, 1.54) is 18.2 Å². The Balaban J connectivity index is 2.55. The molecular formula is C12H12ClFO3. The number of halogens is 2. The van der Waals surface area contributed by atoms with Gasteiger partial charge in [-0.2, -0.15) is 0 Å². The van der Waals surface area contributed by atoms with E-state index < -0.39 is 17.6 Å². The molecule has 0 saturated heterocycles. The van der Waals surface area contributed by atoms with Gasteiger partial charge in [0.1, 0.15) is 5.82 Å². The van der Waals surface area contributed by atoms with Crippen LogP contribution in [-0.4, -0.2) is 16.9 Å². The number of benzene rings is 1. The van der Waals surface area contributed by atoms with Gasteiger partial charge in [-0.3, -0.25) is 9.59 Å². The average molecular weight is 259 g/mol. The van der Waals surface area contributed by atoms with E-state index in [2.05, 4.69) is 0 Å². The van der Waals surface area contributed by atoms with E-state index in [4.69, 9.17) is 16.7 Å². The van der Waals surface area contributed by atoms with E-state index in [0.717, 1.165) is 0 Å². The Morgan fingerprint density at radius 3 is 2.47 bits per heavy atom. The van der Waals surface area contributed by atoms with Crippen LogP contribution in [0.2, 0.25) is 5.02 Å². The van der Waals surface area contributed by atoms with Crippen LogP contribution in [0.15, 0.2) is 18.2 Å². The molecule has 17 heavy (non-hydrogen) atoms. The molecule has 1 rings (SSSR count). The van der Waals surface area contributed by atoms with E-state index in [-0.39, 0.29) is 23.4 Å². The van der Waals surface area contributed by atoms with E-state index in [0.29, 0.717) is 12.8 Å². The summed E-state index contributed by atoms with van der Waals surface area (Å²) >= 11 is 5.73. The minimum Gasteiger partial charge on any atom is -0.481 e. The van der Waals surface area contributed by atoms with Crippen molar-refractivity contribution in [2.24, 2.45) is 0 Å². The number of carboxylic acid groups (broad SMARTS) is 1. The minimum absolute atomic E-state index is 0.0122. The molecule has 0 aromatic heterocycles. The number of carboxylic acids is 1. The van der Waals surface area contributed by atoms with Crippen molar-refractivity contribution in [1.29, 1.82) is 0 Å². The molecule has 0 spiro atoms. The minimum atomic E-state index is -0.902. The van der Waals surface area contributed by atoms with Crippen LogP contribution in [0.5, 0.6) is 0 Å². The monoisotopic (exact) mass is 258 g/mol. The normalized spacial score (nSPS) is 10.2. The highest BCUT2D eigenvalue weighted by Crippen LogP contribution is 2.21. The number of hydrogen-bond acceptors (Lipinski definition) is 2. The van der Waals surface area contributed by atoms with Crippen LogP contribution >= 0.6 is 11.6 Å². The lowest BCUT2D eigenvalue weighted by atomic mass is 10.0. The second kappa shape index (κ2) is 6.35. The summed E-state index contributed by atoms with van der Waals surface area (Å²) in [5.41, 5.74) is -0.107. The average Bonchev–Trinajstić information content (AvgIpc) is 2.24. The lowest BCUT2D eigenvalue weighted by Crippen LogP contribution is -2.04. The van der Waals surface area contributed by atoms with Gasteiger partial charge in [-0.1, -0.05) is 17.7 Å². The highest BCUT2D eigenvalue weighted by Gasteiger charge is 2.15. The number of Topliss-reactive ketones (excluding diaryl/α,β-unsaturated/α-hetero) is 1. The van der Waals surface area contributed by atoms with Gasteiger partial charge in [0.15, 0.2) is 5.78 Å². The van der Waals surface area contributed by atoms with Crippen molar-refractivity contribution in [3.8, 4) is 0 Å². The molecule has 0 atom stereocenters. The Kier molecular flexibility index (Phi) is 5.10. The fourth-order valence-corrected chi connectivity index (χ4v) is 1.72. The van der Waals surface area contributed by atoms with Gasteiger partial charge in [-0.05, 0) is 25.0 Å². The van der Waals surface area contributed by atoms with E-state index in [1.54, 1.807) is 0 Å². The van der Waals surface area contributed by atoms with E-state index >= 15 is 0 Å². The summed E-state index contributed by atoms with van der Waals surface area (Å²) in [5, 5.41) is 8.51. The molecule has 1 N–H and O–H groups in total. The van der Waals surface area contributed by atoms with Gasteiger partial charge in [0.2, 0.25) is 0 Å². The molecule has 0 radical (unpaired) electrons. The number of hydrogen-bond donors (Lipinski definition) is 1. The van der Waals surface area contributed by atoms with Crippen LogP contribution in [-0.2, 0) is 4.79 Å². The second-order valence-corrected chi connectivity index (χ2v) is 4.03. The van der Waals surface area contributed by atoms with E-state index in [9.17, 15) is 14.0 Å². The van der Waals surface area contributed by atoms with Crippen LogP contribution in [0.4, 0.5) is 4.39 Å². The molecule has 0 aliphatic heterocycles. The van der Waals surface area contributed by atoms with Crippen molar-refractivity contribution in [1.82, 2.24) is 0 Å². The Labute approximate surface area is 103 Å². The molecule has 1 aromatic rings. The lowest BCUT2D eigenvalue weighted by molar-refractivity contribution is -0.137. The molecule has 0 fully saturated rings. The summed E-state index contributed by atoms with van der Waals surface area (Å²) in [6.45, 7) is 0. The molecular weight excluding hydrogens is 247 g/mol. The Morgan fingerprint density at radius 2 is 1.88 bits per heavy atom. The van der Waals surface area contributed by atoms with Gasteiger partial charge in [0.25, 0.3) is 0 Å². The lowest BCUT2D eigenvalue weighted by Gasteiger charge is -2.04. The van der Waals surface area contributed by atoms with Crippen molar-refractivity contribution in [3.63, 3.8) is 0 Å². The fraction of sp³-hybridized carbons (Fsp3) is 0.333. The Hall–Kier alpha value is -1.42. The van der Waals surface area contributed by atoms with E-state index in [1.807, 2.05) is 0 Å². The summed E-state index contributed by atoms with van der Waals surface area (Å²) in [6.07, 6.45) is 0.926. The highest BCUT2D eigenvalue weighted by molar-refractivity contribution is 6.34. The van der Waals surface area contributed by atoms with Crippen molar-refractivity contribution < 1.29 is 19.1 Å².